The van der Waals surface area contributed by atoms with E-state index in [1.54, 1.807) is 6.20 Å². The van der Waals surface area contributed by atoms with Crippen LogP contribution in [0.15, 0.2) is 54.9 Å². The number of nitrogens with two attached hydrogens (primary N) is 1. The van der Waals surface area contributed by atoms with E-state index in [0.29, 0.717) is 0 Å². The van der Waals surface area contributed by atoms with Crippen molar-refractivity contribution in [3.05, 3.63) is 66.0 Å². The minimum atomic E-state index is 0.109. The molecule has 0 saturated carbocycles. The molecule has 1 heterocycles. The van der Waals surface area contributed by atoms with Gasteiger partial charge in [-0.25, -0.2) is 0 Å². The van der Waals surface area contributed by atoms with Crippen LogP contribution in [0.25, 0.3) is 0 Å². The summed E-state index contributed by atoms with van der Waals surface area (Å²) in [5, 5.41) is 0. The highest BCUT2D eigenvalue weighted by Gasteiger charge is 2.07. The molecule has 1 aromatic carbocycles. The van der Waals surface area contributed by atoms with Gasteiger partial charge in [-0.3, -0.25) is 4.98 Å². The molecular weight excluding hydrogens is 234 g/mol. The van der Waals surface area contributed by atoms with Crippen LogP contribution in [0.3, 0.4) is 0 Å². The first kappa shape index (κ1) is 13.7. The Balaban J connectivity index is 1.79. The summed E-state index contributed by atoms with van der Waals surface area (Å²) < 4.78 is 0. The van der Waals surface area contributed by atoms with Crippen LogP contribution in [-0.4, -0.2) is 23.5 Å². The maximum absolute atomic E-state index is 6.20. The van der Waals surface area contributed by atoms with Gasteiger partial charge in [-0.15, -0.1) is 0 Å². The fraction of sp³-hybridized carbons (Fsp3) is 0.312. The Morgan fingerprint density at radius 1 is 1.16 bits per heavy atom. The molecule has 1 atom stereocenters. The highest BCUT2D eigenvalue weighted by atomic mass is 15.1. The van der Waals surface area contributed by atoms with Gasteiger partial charge >= 0.3 is 0 Å². The van der Waals surface area contributed by atoms with Gasteiger partial charge in [0.05, 0.1) is 0 Å². The van der Waals surface area contributed by atoms with Crippen molar-refractivity contribution in [3.8, 4) is 0 Å². The number of rotatable bonds is 6. The monoisotopic (exact) mass is 255 g/mol. The molecule has 3 nitrogen and oxygen atoms in total. The zero-order valence-electron chi connectivity index (χ0n) is 11.4. The largest absolute Gasteiger partial charge is 0.324 e. The quantitative estimate of drug-likeness (QED) is 0.862. The Bertz CT molecular complexity index is 470. The molecule has 2 aromatic rings. The lowest BCUT2D eigenvalue weighted by Crippen LogP contribution is -2.23. The Morgan fingerprint density at radius 2 is 1.95 bits per heavy atom. The van der Waals surface area contributed by atoms with Crippen LogP contribution in [0.2, 0.25) is 0 Å². The van der Waals surface area contributed by atoms with Gasteiger partial charge in [0.25, 0.3) is 0 Å². The predicted molar refractivity (Wildman–Crippen MR) is 78.6 cm³/mol. The van der Waals surface area contributed by atoms with Crippen LogP contribution < -0.4 is 5.73 Å². The Hall–Kier alpha value is -1.71. The summed E-state index contributed by atoms with van der Waals surface area (Å²) in [4.78, 5) is 6.41. The molecule has 0 spiro atoms. The first-order chi connectivity index (χ1) is 9.25. The van der Waals surface area contributed by atoms with Crippen molar-refractivity contribution in [3.63, 3.8) is 0 Å². The van der Waals surface area contributed by atoms with Crippen LogP contribution in [-0.2, 0) is 6.54 Å². The molecule has 0 saturated heterocycles. The fourth-order valence-electron chi connectivity index (χ4n) is 2.11. The number of pyridine rings is 1. The van der Waals surface area contributed by atoms with E-state index in [4.69, 9.17) is 5.73 Å². The van der Waals surface area contributed by atoms with Gasteiger partial charge in [-0.1, -0.05) is 36.4 Å². The number of nitrogens with zero attached hydrogens (tertiary/aromatic N) is 2. The van der Waals surface area contributed by atoms with Crippen molar-refractivity contribution in [2.75, 3.05) is 13.6 Å². The normalized spacial score (nSPS) is 12.6. The summed E-state index contributed by atoms with van der Waals surface area (Å²) in [7, 11) is 2.12. The van der Waals surface area contributed by atoms with Crippen molar-refractivity contribution >= 4 is 0 Å². The number of benzene rings is 1. The molecule has 3 heteroatoms. The molecule has 0 bridgehead atoms. The van der Waals surface area contributed by atoms with Crippen molar-refractivity contribution in [2.45, 2.75) is 19.0 Å². The molecule has 0 radical (unpaired) electrons. The summed E-state index contributed by atoms with van der Waals surface area (Å²) in [6, 6.07) is 14.4. The van der Waals surface area contributed by atoms with Gasteiger partial charge < -0.3 is 10.6 Å². The van der Waals surface area contributed by atoms with E-state index >= 15 is 0 Å². The summed E-state index contributed by atoms with van der Waals surface area (Å²) in [6.45, 7) is 1.89. The first-order valence-corrected chi connectivity index (χ1v) is 6.63. The zero-order valence-corrected chi connectivity index (χ0v) is 11.4. The molecule has 2 N–H and O–H groups in total. The van der Waals surface area contributed by atoms with Crippen LogP contribution in [0.4, 0.5) is 0 Å². The lowest BCUT2D eigenvalue weighted by Gasteiger charge is -2.19. The fourth-order valence-corrected chi connectivity index (χ4v) is 2.11. The van der Waals surface area contributed by atoms with Crippen LogP contribution in [0.1, 0.15) is 23.6 Å². The maximum atomic E-state index is 6.20. The van der Waals surface area contributed by atoms with Crippen molar-refractivity contribution in [1.82, 2.24) is 9.88 Å². The Kier molecular flexibility index (Phi) is 5.07. The topological polar surface area (TPSA) is 42.1 Å². The molecule has 2 rings (SSSR count). The van der Waals surface area contributed by atoms with Gasteiger partial charge in [0.2, 0.25) is 0 Å². The van der Waals surface area contributed by atoms with E-state index in [1.165, 1.54) is 11.1 Å². The van der Waals surface area contributed by atoms with Gasteiger partial charge in [0, 0.05) is 25.0 Å². The van der Waals surface area contributed by atoms with Crippen LogP contribution >= 0.6 is 0 Å². The predicted octanol–water partition coefficient (Wildman–Crippen LogP) is 2.60. The number of hydrogen-bond donors (Lipinski definition) is 1. The smallest absolute Gasteiger partial charge is 0.0312 e. The molecular formula is C16H21N3. The second kappa shape index (κ2) is 7.02. The van der Waals surface area contributed by atoms with Gasteiger partial charge in [-0.2, -0.15) is 0 Å². The molecule has 0 amide bonds. The summed E-state index contributed by atoms with van der Waals surface area (Å²) in [6.07, 6.45) is 4.67. The molecule has 19 heavy (non-hydrogen) atoms. The van der Waals surface area contributed by atoms with E-state index in [-0.39, 0.29) is 6.04 Å². The number of aromatic nitrogens is 1. The Morgan fingerprint density at radius 3 is 2.63 bits per heavy atom. The minimum Gasteiger partial charge on any atom is -0.324 e. The minimum absolute atomic E-state index is 0.109. The third-order valence-electron chi connectivity index (χ3n) is 3.22. The lowest BCUT2D eigenvalue weighted by molar-refractivity contribution is 0.311. The number of hydrogen-bond acceptors (Lipinski definition) is 3. The highest BCUT2D eigenvalue weighted by molar-refractivity contribution is 5.18. The summed E-state index contributed by atoms with van der Waals surface area (Å²) in [5.74, 6) is 0. The first-order valence-electron chi connectivity index (χ1n) is 6.63. The zero-order chi connectivity index (χ0) is 13.5. The molecule has 0 aliphatic heterocycles. The average Bonchev–Trinajstić information content (AvgIpc) is 2.47. The molecule has 0 aliphatic rings. The van der Waals surface area contributed by atoms with E-state index in [9.17, 15) is 0 Å². The molecule has 0 aliphatic carbocycles. The van der Waals surface area contributed by atoms with E-state index in [2.05, 4.69) is 35.1 Å². The maximum Gasteiger partial charge on any atom is 0.0312 e. The van der Waals surface area contributed by atoms with Crippen molar-refractivity contribution in [1.29, 1.82) is 0 Å². The van der Waals surface area contributed by atoms with Crippen molar-refractivity contribution in [2.24, 2.45) is 5.73 Å². The van der Waals surface area contributed by atoms with Crippen LogP contribution in [0, 0.1) is 0 Å². The van der Waals surface area contributed by atoms with Gasteiger partial charge in [-0.05, 0) is 37.2 Å². The second-order valence-electron chi connectivity index (χ2n) is 4.90. The molecule has 100 valence electrons. The van der Waals surface area contributed by atoms with E-state index < -0.39 is 0 Å². The third-order valence-corrected chi connectivity index (χ3v) is 3.22. The Labute approximate surface area is 115 Å². The SMILES string of the molecule is CN(CCC(N)c1ccccc1)Cc1cccnc1. The average molecular weight is 255 g/mol. The molecule has 1 unspecified atom stereocenters. The molecule has 1 aromatic heterocycles. The standard InChI is InChI=1S/C16H21N3/c1-19(13-14-6-5-10-18-12-14)11-9-16(17)15-7-3-2-4-8-15/h2-8,10,12,16H,9,11,13,17H2,1H3. The van der Waals surface area contributed by atoms with Gasteiger partial charge in [0.1, 0.15) is 0 Å². The van der Waals surface area contributed by atoms with Crippen LogP contribution in [0.5, 0.6) is 0 Å². The highest BCUT2D eigenvalue weighted by Crippen LogP contribution is 2.14. The lowest BCUT2D eigenvalue weighted by atomic mass is 10.0. The summed E-state index contributed by atoms with van der Waals surface area (Å²) in [5.41, 5.74) is 8.64. The second-order valence-corrected chi connectivity index (χ2v) is 4.90. The van der Waals surface area contributed by atoms with Crippen molar-refractivity contribution < 1.29 is 0 Å². The summed E-state index contributed by atoms with van der Waals surface area (Å²) >= 11 is 0. The van der Waals surface area contributed by atoms with Gasteiger partial charge in [0.15, 0.2) is 0 Å². The van der Waals surface area contributed by atoms with E-state index in [0.717, 1.165) is 19.5 Å². The third kappa shape index (κ3) is 4.47. The molecule has 0 fully saturated rings. The van der Waals surface area contributed by atoms with E-state index in [1.807, 2.05) is 30.5 Å².